The fraction of sp³-hybridized carbons (Fsp3) is 0.577. The van der Waals surface area contributed by atoms with Crippen molar-refractivity contribution >= 4 is 17.5 Å². The van der Waals surface area contributed by atoms with Crippen LogP contribution in [0.4, 0.5) is 13.2 Å². The zero-order chi connectivity index (χ0) is 24.5. The van der Waals surface area contributed by atoms with Gasteiger partial charge < -0.3 is 15.0 Å². The van der Waals surface area contributed by atoms with E-state index in [1.165, 1.54) is 12.5 Å². The van der Waals surface area contributed by atoms with Crippen molar-refractivity contribution < 1.29 is 23.1 Å². The molecule has 0 radical (unpaired) electrons. The minimum atomic E-state index is -4.51. The molecule has 0 bridgehead atoms. The van der Waals surface area contributed by atoms with Gasteiger partial charge in [0.15, 0.2) is 0 Å². The molecular weight excluding hydrogens is 465 g/mol. The summed E-state index contributed by atoms with van der Waals surface area (Å²) >= 11 is 6.39. The highest BCUT2D eigenvalue weighted by Gasteiger charge is 2.32. The van der Waals surface area contributed by atoms with Crippen LogP contribution < -0.4 is 5.32 Å². The largest absolute Gasteiger partial charge is 0.416 e. The van der Waals surface area contributed by atoms with E-state index in [0.717, 1.165) is 57.1 Å². The van der Waals surface area contributed by atoms with Crippen LogP contribution in [0.2, 0.25) is 5.02 Å². The maximum atomic E-state index is 13.5. The number of rotatable bonds is 5. The van der Waals surface area contributed by atoms with Crippen LogP contribution in [-0.2, 0) is 12.7 Å². The number of aliphatic hydroxyl groups is 1. The molecule has 0 saturated heterocycles. The van der Waals surface area contributed by atoms with E-state index in [-0.39, 0.29) is 28.5 Å². The lowest BCUT2D eigenvalue weighted by Gasteiger charge is -2.29. The molecule has 0 spiro atoms. The predicted octanol–water partition coefficient (Wildman–Crippen LogP) is 6.75. The first kappa shape index (κ1) is 25.1. The smallest absolute Gasteiger partial charge is 0.393 e. The molecule has 1 aromatic carbocycles. The third-order valence-electron chi connectivity index (χ3n) is 7.41. The van der Waals surface area contributed by atoms with Gasteiger partial charge in [-0.1, -0.05) is 43.7 Å². The molecule has 2 saturated carbocycles. The van der Waals surface area contributed by atoms with Crippen LogP contribution >= 0.6 is 11.6 Å². The summed E-state index contributed by atoms with van der Waals surface area (Å²) in [7, 11) is 0. The fourth-order valence-corrected chi connectivity index (χ4v) is 5.59. The fourth-order valence-electron chi connectivity index (χ4n) is 5.38. The molecule has 1 aromatic heterocycles. The summed E-state index contributed by atoms with van der Waals surface area (Å²) in [6.07, 6.45) is 3.72. The van der Waals surface area contributed by atoms with Crippen LogP contribution in [0.5, 0.6) is 0 Å². The van der Waals surface area contributed by atoms with Gasteiger partial charge in [0.05, 0.1) is 22.9 Å². The molecule has 2 fully saturated rings. The van der Waals surface area contributed by atoms with Crippen LogP contribution in [0.1, 0.15) is 79.4 Å². The van der Waals surface area contributed by atoms with Crippen LogP contribution in [0, 0.1) is 12.8 Å². The minimum Gasteiger partial charge on any atom is -0.393 e. The predicted molar refractivity (Wildman–Crippen MR) is 127 cm³/mol. The summed E-state index contributed by atoms with van der Waals surface area (Å²) in [5.74, 6) is -0.242. The zero-order valence-corrected chi connectivity index (χ0v) is 20.2. The van der Waals surface area contributed by atoms with Gasteiger partial charge in [0.2, 0.25) is 0 Å². The lowest BCUT2D eigenvalue weighted by molar-refractivity contribution is -0.137. The molecule has 1 heterocycles. The number of benzene rings is 1. The van der Waals surface area contributed by atoms with Crippen LogP contribution in [0.15, 0.2) is 24.3 Å². The SMILES string of the molecule is Cc1c(C(=O)NC2CCCCC2)cc(-c2cc(C(F)(F)F)ccc2Cl)n1C[C@H]1CCCCC1O. The Kier molecular flexibility index (Phi) is 7.63. The van der Waals surface area contributed by atoms with Crippen molar-refractivity contribution in [3.8, 4) is 11.3 Å². The zero-order valence-electron chi connectivity index (χ0n) is 19.4. The monoisotopic (exact) mass is 496 g/mol. The molecule has 1 amide bonds. The lowest BCUT2D eigenvalue weighted by Crippen LogP contribution is -2.36. The second-order valence-electron chi connectivity index (χ2n) is 9.75. The highest BCUT2D eigenvalue weighted by molar-refractivity contribution is 6.33. The molecule has 4 nitrogen and oxygen atoms in total. The number of halogens is 4. The summed E-state index contributed by atoms with van der Waals surface area (Å²) in [5, 5.41) is 13.9. The Morgan fingerprint density at radius 1 is 1.09 bits per heavy atom. The third-order valence-corrected chi connectivity index (χ3v) is 7.74. The Labute approximate surface area is 203 Å². The lowest BCUT2D eigenvalue weighted by atomic mass is 9.86. The van der Waals surface area contributed by atoms with Gasteiger partial charge in [0.1, 0.15) is 0 Å². The van der Waals surface area contributed by atoms with Gasteiger partial charge in [-0.05, 0) is 56.9 Å². The number of nitrogens with zero attached hydrogens (tertiary/aromatic N) is 1. The number of nitrogens with one attached hydrogen (secondary N) is 1. The normalized spacial score (nSPS) is 22.1. The topological polar surface area (TPSA) is 54.3 Å². The molecule has 2 N–H and O–H groups in total. The number of hydrogen-bond donors (Lipinski definition) is 2. The van der Waals surface area contributed by atoms with E-state index in [4.69, 9.17) is 11.6 Å². The van der Waals surface area contributed by atoms with Crippen LogP contribution in [0.3, 0.4) is 0 Å². The minimum absolute atomic E-state index is 0.0302. The standard InChI is InChI=1S/C26H32ClF3N2O2/c1-16-20(25(34)31-19-8-3-2-4-9-19)14-23(32(16)15-17-7-5-6-10-24(17)33)21-13-18(26(28,29)30)11-12-22(21)27/h11-14,17,19,24,33H,2-10,15H2,1H3,(H,31,34)/t17-,24?/m1/s1. The number of hydrogen-bond acceptors (Lipinski definition) is 2. The summed E-state index contributed by atoms with van der Waals surface area (Å²) in [6.45, 7) is 2.24. The first-order chi connectivity index (χ1) is 16.1. The average molecular weight is 497 g/mol. The van der Waals surface area contributed by atoms with Gasteiger partial charge in [-0.25, -0.2) is 0 Å². The highest BCUT2D eigenvalue weighted by Crippen LogP contribution is 2.38. The van der Waals surface area contributed by atoms with Crippen molar-refractivity contribution in [3.05, 3.63) is 46.1 Å². The van der Waals surface area contributed by atoms with Gasteiger partial charge in [-0.2, -0.15) is 13.2 Å². The van der Waals surface area contributed by atoms with E-state index in [2.05, 4.69) is 5.32 Å². The number of aliphatic hydroxyl groups excluding tert-OH is 1. The van der Waals surface area contributed by atoms with E-state index in [1.807, 2.05) is 11.5 Å². The number of carbonyl (C=O) groups excluding carboxylic acids is 1. The van der Waals surface area contributed by atoms with E-state index in [0.29, 0.717) is 29.9 Å². The molecule has 0 aliphatic heterocycles. The molecule has 1 unspecified atom stereocenters. The molecule has 2 aromatic rings. The van der Waals surface area contributed by atoms with Crippen molar-refractivity contribution in [3.63, 3.8) is 0 Å². The number of carbonyl (C=O) groups is 1. The Bertz CT molecular complexity index is 1030. The molecule has 4 rings (SSSR count). The first-order valence-electron chi connectivity index (χ1n) is 12.2. The summed E-state index contributed by atoms with van der Waals surface area (Å²) in [4.78, 5) is 13.2. The summed E-state index contributed by atoms with van der Waals surface area (Å²) < 4.78 is 42.3. The van der Waals surface area contributed by atoms with Gasteiger partial charge in [-0.3, -0.25) is 4.79 Å². The number of alkyl halides is 3. The average Bonchev–Trinajstić information content (AvgIpc) is 3.11. The van der Waals surface area contributed by atoms with Crippen LogP contribution in [-0.4, -0.2) is 27.7 Å². The number of aromatic nitrogens is 1. The molecule has 2 atom stereocenters. The maximum Gasteiger partial charge on any atom is 0.416 e. The van der Waals surface area contributed by atoms with E-state index in [9.17, 15) is 23.1 Å². The molecule has 2 aliphatic carbocycles. The summed E-state index contributed by atoms with van der Waals surface area (Å²) in [5.41, 5.74) is 1.04. The molecule has 186 valence electrons. The maximum absolute atomic E-state index is 13.5. The van der Waals surface area contributed by atoms with Crippen molar-refractivity contribution in [1.82, 2.24) is 9.88 Å². The van der Waals surface area contributed by atoms with E-state index >= 15 is 0 Å². The summed E-state index contributed by atoms with van der Waals surface area (Å²) in [6, 6.07) is 5.04. The van der Waals surface area contributed by atoms with Gasteiger partial charge in [0.25, 0.3) is 5.91 Å². The Morgan fingerprint density at radius 2 is 1.76 bits per heavy atom. The van der Waals surface area contributed by atoms with Gasteiger partial charge in [-0.15, -0.1) is 0 Å². The van der Waals surface area contributed by atoms with Crippen molar-refractivity contribution in [2.24, 2.45) is 5.92 Å². The number of amides is 1. The van der Waals surface area contributed by atoms with E-state index < -0.39 is 17.8 Å². The molecule has 8 heteroatoms. The van der Waals surface area contributed by atoms with Gasteiger partial charge >= 0.3 is 6.18 Å². The van der Waals surface area contributed by atoms with Crippen molar-refractivity contribution in [2.45, 2.75) is 89.6 Å². The van der Waals surface area contributed by atoms with Crippen LogP contribution in [0.25, 0.3) is 11.3 Å². The van der Waals surface area contributed by atoms with Gasteiger partial charge in [0, 0.05) is 34.8 Å². The molecule has 34 heavy (non-hydrogen) atoms. The second kappa shape index (κ2) is 10.3. The highest BCUT2D eigenvalue weighted by atomic mass is 35.5. The third kappa shape index (κ3) is 5.46. The molecule has 2 aliphatic rings. The molecular formula is C26H32ClF3N2O2. The Balaban J connectivity index is 1.75. The first-order valence-corrected chi connectivity index (χ1v) is 12.6. The quantitative estimate of drug-likeness (QED) is 0.481. The Morgan fingerprint density at radius 3 is 2.44 bits per heavy atom. The van der Waals surface area contributed by atoms with E-state index in [1.54, 1.807) is 6.07 Å². The van der Waals surface area contributed by atoms with Crippen molar-refractivity contribution in [1.29, 1.82) is 0 Å². The Hall–Kier alpha value is -1.99. The second-order valence-corrected chi connectivity index (χ2v) is 10.2. The van der Waals surface area contributed by atoms with Crippen molar-refractivity contribution in [2.75, 3.05) is 0 Å².